The van der Waals surface area contributed by atoms with E-state index in [0.717, 1.165) is 11.1 Å². The minimum Gasteiger partial charge on any atom is -0.463 e. The van der Waals surface area contributed by atoms with E-state index in [4.69, 9.17) is 19.9 Å². The van der Waals surface area contributed by atoms with Crippen LogP contribution < -0.4 is 5.73 Å². The predicted octanol–water partition coefficient (Wildman–Crippen LogP) is 2.68. The Hall–Kier alpha value is -2.76. The van der Waals surface area contributed by atoms with Gasteiger partial charge in [0.05, 0.1) is 24.7 Å². The Labute approximate surface area is 147 Å². The van der Waals surface area contributed by atoms with Crippen LogP contribution in [0.4, 0.5) is 0 Å². The molecule has 0 bridgehead atoms. The Bertz CT molecular complexity index is 691. The zero-order valence-electron chi connectivity index (χ0n) is 14.9. The van der Waals surface area contributed by atoms with Crippen LogP contribution in [0, 0.1) is 6.92 Å². The quantitative estimate of drug-likeness (QED) is 0.826. The number of carbonyl (C=O) groups excluding carboxylic acids is 2. The van der Waals surface area contributed by atoms with Crippen molar-refractivity contribution in [3.63, 3.8) is 0 Å². The molecular weight excluding hydrogens is 322 g/mol. The third kappa shape index (κ3) is 3.84. The van der Waals surface area contributed by atoms with Crippen LogP contribution in [0.5, 0.6) is 0 Å². The van der Waals surface area contributed by atoms with Gasteiger partial charge in [-0.25, -0.2) is 9.59 Å². The van der Waals surface area contributed by atoms with E-state index < -0.39 is 17.9 Å². The van der Waals surface area contributed by atoms with Crippen LogP contribution in [0.1, 0.15) is 37.8 Å². The number of esters is 2. The van der Waals surface area contributed by atoms with Crippen LogP contribution in [-0.2, 0) is 23.8 Å². The molecule has 0 amide bonds. The molecule has 0 saturated heterocycles. The molecule has 2 N–H and O–H groups in total. The largest absolute Gasteiger partial charge is 0.463 e. The van der Waals surface area contributed by atoms with Gasteiger partial charge in [-0.2, -0.15) is 0 Å². The zero-order chi connectivity index (χ0) is 18.6. The normalized spacial score (nSPS) is 17.2. The van der Waals surface area contributed by atoms with Crippen molar-refractivity contribution < 1.29 is 23.8 Å². The van der Waals surface area contributed by atoms with Gasteiger partial charge < -0.3 is 19.9 Å². The second-order valence-electron chi connectivity index (χ2n) is 5.63. The molecule has 1 atom stereocenters. The summed E-state index contributed by atoms with van der Waals surface area (Å²) in [5.74, 6) is -1.60. The molecule has 1 aromatic carbocycles. The summed E-state index contributed by atoms with van der Waals surface area (Å²) in [6.45, 7) is 7.40. The molecule has 0 fully saturated rings. The molecule has 6 nitrogen and oxygen atoms in total. The maximum absolute atomic E-state index is 12.5. The fourth-order valence-corrected chi connectivity index (χ4v) is 2.75. The molecule has 2 rings (SSSR count). The first-order valence-electron chi connectivity index (χ1n) is 8.19. The lowest BCUT2D eigenvalue weighted by Crippen LogP contribution is -2.30. The van der Waals surface area contributed by atoms with Crippen LogP contribution >= 0.6 is 0 Å². The van der Waals surface area contributed by atoms with Crippen molar-refractivity contribution in [2.24, 2.45) is 5.73 Å². The standard InChI is InChI=1S/C19H23NO5/c1-5-23-18(21)14-12(4)25-17(20)16(19(22)24-6-2)15(14)13-9-7-11(3)8-10-13/h7-10,15H,5-6,20H2,1-4H3/t15-/m1/s1. The molecule has 0 radical (unpaired) electrons. The number of carbonyl (C=O) groups is 2. The lowest BCUT2D eigenvalue weighted by molar-refractivity contribution is -0.140. The zero-order valence-corrected chi connectivity index (χ0v) is 14.9. The number of hydrogen-bond acceptors (Lipinski definition) is 6. The SMILES string of the molecule is CCOC(=O)C1=C(C)OC(N)=C(C(=O)OCC)[C@@H]1c1ccc(C)cc1. The van der Waals surface area contributed by atoms with Gasteiger partial charge in [0.1, 0.15) is 11.3 Å². The van der Waals surface area contributed by atoms with Crippen molar-refractivity contribution in [1.82, 2.24) is 0 Å². The fraction of sp³-hybridized carbons (Fsp3) is 0.368. The predicted molar refractivity (Wildman–Crippen MR) is 92.2 cm³/mol. The highest BCUT2D eigenvalue weighted by molar-refractivity contribution is 5.99. The molecule has 1 aliphatic rings. The Morgan fingerprint density at radius 2 is 1.52 bits per heavy atom. The van der Waals surface area contributed by atoms with Crippen molar-refractivity contribution in [2.45, 2.75) is 33.6 Å². The fourth-order valence-electron chi connectivity index (χ4n) is 2.75. The van der Waals surface area contributed by atoms with Gasteiger partial charge in [0.25, 0.3) is 0 Å². The molecule has 25 heavy (non-hydrogen) atoms. The van der Waals surface area contributed by atoms with E-state index in [2.05, 4.69) is 0 Å². The van der Waals surface area contributed by atoms with Gasteiger partial charge in [-0.05, 0) is 33.3 Å². The Balaban J connectivity index is 2.61. The number of ether oxygens (including phenoxy) is 3. The summed E-state index contributed by atoms with van der Waals surface area (Å²) in [6, 6.07) is 7.51. The first-order valence-corrected chi connectivity index (χ1v) is 8.19. The molecule has 1 heterocycles. The topological polar surface area (TPSA) is 87.9 Å². The van der Waals surface area contributed by atoms with E-state index in [1.165, 1.54) is 0 Å². The number of allylic oxidation sites excluding steroid dienone is 1. The Morgan fingerprint density at radius 3 is 2.04 bits per heavy atom. The molecule has 0 aromatic heterocycles. The van der Waals surface area contributed by atoms with Crippen molar-refractivity contribution in [1.29, 1.82) is 0 Å². The minimum absolute atomic E-state index is 0.0606. The van der Waals surface area contributed by atoms with Gasteiger partial charge in [0.2, 0.25) is 5.88 Å². The molecule has 0 unspecified atom stereocenters. The van der Waals surface area contributed by atoms with Crippen LogP contribution in [0.25, 0.3) is 0 Å². The molecular formula is C19H23NO5. The maximum atomic E-state index is 12.5. The Kier molecular flexibility index (Phi) is 5.85. The number of benzene rings is 1. The van der Waals surface area contributed by atoms with Crippen molar-refractivity contribution in [2.75, 3.05) is 13.2 Å². The van der Waals surface area contributed by atoms with Gasteiger partial charge >= 0.3 is 11.9 Å². The molecule has 134 valence electrons. The number of aryl methyl sites for hydroxylation is 1. The number of rotatable bonds is 5. The average molecular weight is 345 g/mol. The van der Waals surface area contributed by atoms with Crippen LogP contribution in [0.15, 0.2) is 47.1 Å². The van der Waals surface area contributed by atoms with E-state index in [1.54, 1.807) is 20.8 Å². The summed E-state index contributed by atoms with van der Waals surface area (Å²) in [6.07, 6.45) is 0. The lowest BCUT2D eigenvalue weighted by atomic mass is 9.82. The first-order chi connectivity index (χ1) is 11.9. The number of hydrogen-bond donors (Lipinski definition) is 1. The third-order valence-corrected chi connectivity index (χ3v) is 3.89. The highest BCUT2D eigenvalue weighted by Crippen LogP contribution is 2.40. The maximum Gasteiger partial charge on any atom is 0.340 e. The highest BCUT2D eigenvalue weighted by atomic mass is 16.5. The van der Waals surface area contributed by atoms with Crippen LogP contribution in [-0.4, -0.2) is 25.2 Å². The van der Waals surface area contributed by atoms with Crippen molar-refractivity contribution in [3.8, 4) is 0 Å². The summed E-state index contributed by atoms with van der Waals surface area (Å²) in [7, 11) is 0. The molecule has 6 heteroatoms. The monoisotopic (exact) mass is 345 g/mol. The van der Waals surface area contributed by atoms with Gasteiger partial charge in [0.15, 0.2) is 0 Å². The van der Waals surface area contributed by atoms with E-state index in [0.29, 0.717) is 5.76 Å². The Morgan fingerprint density at radius 1 is 1.00 bits per heavy atom. The minimum atomic E-state index is -0.701. The van der Waals surface area contributed by atoms with Crippen LogP contribution in [0.2, 0.25) is 0 Å². The highest BCUT2D eigenvalue weighted by Gasteiger charge is 2.39. The first kappa shape index (κ1) is 18.6. The van der Waals surface area contributed by atoms with Crippen LogP contribution in [0.3, 0.4) is 0 Å². The van der Waals surface area contributed by atoms with E-state index in [-0.39, 0.29) is 30.2 Å². The molecule has 0 spiro atoms. The summed E-state index contributed by atoms with van der Waals surface area (Å²) in [5, 5.41) is 0. The lowest BCUT2D eigenvalue weighted by Gasteiger charge is -2.28. The molecule has 1 aliphatic heterocycles. The molecule has 1 aromatic rings. The van der Waals surface area contributed by atoms with Gasteiger partial charge in [-0.3, -0.25) is 0 Å². The van der Waals surface area contributed by atoms with Gasteiger partial charge in [-0.1, -0.05) is 29.8 Å². The van der Waals surface area contributed by atoms with Crippen molar-refractivity contribution in [3.05, 3.63) is 58.2 Å². The van der Waals surface area contributed by atoms with Gasteiger partial charge in [-0.15, -0.1) is 0 Å². The summed E-state index contributed by atoms with van der Waals surface area (Å²) in [5.41, 5.74) is 8.13. The second-order valence-corrected chi connectivity index (χ2v) is 5.63. The smallest absolute Gasteiger partial charge is 0.340 e. The summed E-state index contributed by atoms with van der Waals surface area (Å²) in [4.78, 5) is 25.0. The van der Waals surface area contributed by atoms with Crippen molar-refractivity contribution >= 4 is 11.9 Å². The van der Waals surface area contributed by atoms with E-state index in [1.807, 2.05) is 31.2 Å². The second kappa shape index (κ2) is 7.88. The van der Waals surface area contributed by atoms with E-state index in [9.17, 15) is 9.59 Å². The molecule has 0 saturated carbocycles. The third-order valence-electron chi connectivity index (χ3n) is 3.89. The average Bonchev–Trinajstić information content (AvgIpc) is 2.55. The summed E-state index contributed by atoms with van der Waals surface area (Å²) >= 11 is 0. The summed E-state index contributed by atoms with van der Waals surface area (Å²) < 4.78 is 15.7. The van der Waals surface area contributed by atoms with E-state index >= 15 is 0 Å². The van der Waals surface area contributed by atoms with Gasteiger partial charge in [0, 0.05) is 0 Å². The number of nitrogens with two attached hydrogens (primary N) is 1. The molecule has 0 aliphatic carbocycles.